The predicted molar refractivity (Wildman–Crippen MR) is 76.6 cm³/mol. The number of benzene rings is 1. The fourth-order valence-electron chi connectivity index (χ4n) is 2.55. The summed E-state index contributed by atoms with van der Waals surface area (Å²) in [7, 11) is 1.70. The van der Waals surface area contributed by atoms with Gasteiger partial charge in [-0.05, 0) is 37.0 Å². The molecule has 1 aromatic heterocycles. The summed E-state index contributed by atoms with van der Waals surface area (Å²) in [5.74, 6) is 1.86. The first-order valence-electron chi connectivity index (χ1n) is 6.71. The number of nitrogens with one attached hydrogen (secondary N) is 1. The average molecular weight is 254 g/mol. The number of rotatable bonds is 4. The van der Waals surface area contributed by atoms with E-state index in [1.807, 2.05) is 18.2 Å². The van der Waals surface area contributed by atoms with Gasteiger partial charge >= 0.3 is 0 Å². The Morgan fingerprint density at radius 1 is 1.16 bits per heavy atom. The Hall–Kier alpha value is -2.03. The predicted octanol–water partition coefficient (Wildman–Crippen LogP) is 3.19. The third-order valence-electron chi connectivity index (χ3n) is 3.58. The molecule has 0 spiro atoms. The number of hydrogen-bond donors (Lipinski definition) is 1. The number of aromatic nitrogens is 1. The first kappa shape index (κ1) is 12.0. The Labute approximate surface area is 113 Å². The zero-order valence-corrected chi connectivity index (χ0v) is 11.1. The molecule has 0 fully saturated rings. The lowest BCUT2D eigenvalue weighted by Crippen LogP contribution is -2.04. The molecule has 1 aromatic carbocycles. The zero-order valence-electron chi connectivity index (χ0n) is 11.1. The summed E-state index contributed by atoms with van der Waals surface area (Å²) in [6.45, 7) is 0.732. The van der Waals surface area contributed by atoms with Crippen molar-refractivity contribution in [2.45, 2.75) is 25.8 Å². The summed E-state index contributed by atoms with van der Waals surface area (Å²) in [6, 6.07) is 12.3. The van der Waals surface area contributed by atoms with Crippen LogP contribution in [0.2, 0.25) is 0 Å². The van der Waals surface area contributed by atoms with Gasteiger partial charge in [0.05, 0.1) is 7.11 Å². The van der Waals surface area contributed by atoms with E-state index in [2.05, 4.69) is 28.5 Å². The van der Waals surface area contributed by atoms with Crippen LogP contribution in [-0.4, -0.2) is 12.1 Å². The summed E-state index contributed by atoms with van der Waals surface area (Å²) in [6.07, 6.45) is 3.52. The van der Waals surface area contributed by atoms with E-state index in [1.165, 1.54) is 24.1 Å². The summed E-state index contributed by atoms with van der Waals surface area (Å²) in [5.41, 5.74) is 3.81. The molecule has 1 aliphatic rings. The van der Waals surface area contributed by atoms with Gasteiger partial charge in [0, 0.05) is 17.8 Å². The number of hydrogen-bond acceptors (Lipinski definition) is 3. The molecule has 3 nitrogen and oxygen atoms in total. The number of methoxy groups -OCH3 is 1. The first-order valence-corrected chi connectivity index (χ1v) is 6.71. The lowest BCUT2D eigenvalue weighted by Gasteiger charge is -2.10. The van der Waals surface area contributed by atoms with Gasteiger partial charge in [0.2, 0.25) is 0 Å². The van der Waals surface area contributed by atoms with Crippen LogP contribution in [0.15, 0.2) is 36.4 Å². The lowest BCUT2D eigenvalue weighted by atomic mass is 10.2. The Bertz CT molecular complexity index is 581. The third-order valence-corrected chi connectivity index (χ3v) is 3.58. The van der Waals surface area contributed by atoms with E-state index in [0.29, 0.717) is 0 Å². The van der Waals surface area contributed by atoms with Gasteiger partial charge in [-0.2, -0.15) is 0 Å². The maximum absolute atomic E-state index is 5.35. The highest BCUT2D eigenvalue weighted by atomic mass is 16.5. The molecule has 0 bridgehead atoms. The van der Waals surface area contributed by atoms with Gasteiger partial charge in [-0.3, -0.25) is 0 Å². The SMILES string of the molecule is COc1ccccc1CNc1ccc2c(n1)CCC2. The summed E-state index contributed by atoms with van der Waals surface area (Å²) in [5, 5.41) is 3.37. The van der Waals surface area contributed by atoms with Crippen LogP contribution in [0.1, 0.15) is 23.2 Å². The molecule has 19 heavy (non-hydrogen) atoms. The highest BCUT2D eigenvalue weighted by Gasteiger charge is 2.12. The Morgan fingerprint density at radius 3 is 2.95 bits per heavy atom. The van der Waals surface area contributed by atoms with E-state index in [1.54, 1.807) is 7.11 Å². The van der Waals surface area contributed by atoms with Crippen LogP contribution in [0.3, 0.4) is 0 Å². The van der Waals surface area contributed by atoms with E-state index in [9.17, 15) is 0 Å². The van der Waals surface area contributed by atoms with E-state index >= 15 is 0 Å². The normalized spacial score (nSPS) is 13.1. The Kier molecular flexibility index (Phi) is 3.36. The second kappa shape index (κ2) is 5.31. The standard InChI is InChI=1S/C16H18N2O/c1-19-15-8-3-2-5-13(15)11-17-16-10-9-12-6-4-7-14(12)18-16/h2-3,5,8-10H,4,6-7,11H2,1H3,(H,17,18). The van der Waals surface area contributed by atoms with Crippen LogP contribution in [-0.2, 0) is 19.4 Å². The van der Waals surface area contributed by atoms with Gasteiger partial charge in [-0.25, -0.2) is 4.98 Å². The van der Waals surface area contributed by atoms with Gasteiger partial charge in [0.1, 0.15) is 11.6 Å². The molecule has 3 rings (SSSR count). The van der Waals surface area contributed by atoms with Crippen molar-refractivity contribution in [1.82, 2.24) is 4.98 Å². The van der Waals surface area contributed by atoms with E-state index in [-0.39, 0.29) is 0 Å². The summed E-state index contributed by atoms with van der Waals surface area (Å²) < 4.78 is 5.35. The van der Waals surface area contributed by atoms with Crippen LogP contribution in [0.25, 0.3) is 0 Å². The number of pyridine rings is 1. The smallest absolute Gasteiger partial charge is 0.126 e. The van der Waals surface area contributed by atoms with Gasteiger partial charge in [-0.1, -0.05) is 24.3 Å². The zero-order chi connectivity index (χ0) is 13.1. The Morgan fingerprint density at radius 2 is 2.05 bits per heavy atom. The van der Waals surface area contributed by atoms with Crippen LogP contribution < -0.4 is 10.1 Å². The summed E-state index contributed by atoms with van der Waals surface area (Å²) >= 11 is 0. The van der Waals surface area contributed by atoms with Crippen molar-refractivity contribution in [1.29, 1.82) is 0 Å². The largest absolute Gasteiger partial charge is 0.496 e. The number of aryl methyl sites for hydroxylation is 2. The van der Waals surface area contributed by atoms with E-state index < -0.39 is 0 Å². The average Bonchev–Trinajstić information content (AvgIpc) is 2.93. The number of anilines is 1. The van der Waals surface area contributed by atoms with Crippen molar-refractivity contribution in [2.24, 2.45) is 0 Å². The third kappa shape index (κ3) is 2.55. The number of para-hydroxylation sites is 1. The van der Waals surface area contributed by atoms with Gasteiger partial charge in [0.25, 0.3) is 0 Å². The molecule has 0 aliphatic heterocycles. The molecule has 0 saturated heterocycles. The highest BCUT2D eigenvalue weighted by Crippen LogP contribution is 2.23. The molecular weight excluding hydrogens is 236 g/mol. The fraction of sp³-hybridized carbons (Fsp3) is 0.312. The van der Waals surface area contributed by atoms with Crippen molar-refractivity contribution in [3.05, 3.63) is 53.2 Å². The van der Waals surface area contributed by atoms with Crippen molar-refractivity contribution >= 4 is 5.82 Å². The van der Waals surface area contributed by atoms with E-state index in [0.717, 1.165) is 30.1 Å². The summed E-state index contributed by atoms with van der Waals surface area (Å²) in [4.78, 5) is 4.67. The molecule has 3 heteroatoms. The van der Waals surface area contributed by atoms with Gasteiger partial charge in [0.15, 0.2) is 0 Å². The van der Waals surface area contributed by atoms with Crippen molar-refractivity contribution in [2.75, 3.05) is 12.4 Å². The highest BCUT2D eigenvalue weighted by molar-refractivity contribution is 5.43. The molecule has 2 aromatic rings. The molecular formula is C16H18N2O. The number of ether oxygens (including phenoxy) is 1. The first-order chi connectivity index (χ1) is 9.36. The van der Waals surface area contributed by atoms with Crippen molar-refractivity contribution in [3.8, 4) is 5.75 Å². The molecule has 0 amide bonds. The molecule has 1 aliphatic carbocycles. The minimum absolute atomic E-state index is 0.732. The van der Waals surface area contributed by atoms with Crippen LogP contribution in [0.4, 0.5) is 5.82 Å². The molecule has 98 valence electrons. The molecule has 1 N–H and O–H groups in total. The molecule has 0 saturated carbocycles. The maximum Gasteiger partial charge on any atom is 0.126 e. The van der Waals surface area contributed by atoms with Crippen molar-refractivity contribution in [3.63, 3.8) is 0 Å². The molecule has 0 radical (unpaired) electrons. The monoisotopic (exact) mass is 254 g/mol. The van der Waals surface area contributed by atoms with Gasteiger partial charge in [-0.15, -0.1) is 0 Å². The number of fused-ring (bicyclic) bond motifs is 1. The maximum atomic E-state index is 5.35. The van der Waals surface area contributed by atoms with E-state index in [4.69, 9.17) is 4.74 Å². The molecule has 0 unspecified atom stereocenters. The van der Waals surface area contributed by atoms with Crippen LogP contribution >= 0.6 is 0 Å². The second-order valence-electron chi connectivity index (χ2n) is 4.82. The minimum atomic E-state index is 0.732. The molecule has 1 heterocycles. The van der Waals surface area contributed by atoms with Crippen molar-refractivity contribution < 1.29 is 4.74 Å². The lowest BCUT2D eigenvalue weighted by molar-refractivity contribution is 0.410. The second-order valence-corrected chi connectivity index (χ2v) is 4.82. The minimum Gasteiger partial charge on any atom is -0.496 e. The fourth-order valence-corrected chi connectivity index (χ4v) is 2.55. The number of nitrogens with zero attached hydrogens (tertiary/aromatic N) is 1. The van der Waals surface area contributed by atoms with Gasteiger partial charge < -0.3 is 10.1 Å². The Balaban J connectivity index is 1.72. The quantitative estimate of drug-likeness (QED) is 0.909. The van der Waals surface area contributed by atoms with Crippen LogP contribution in [0.5, 0.6) is 5.75 Å². The van der Waals surface area contributed by atoms with Crippen LogP contribution in [0, 0.1) is 0 Å². The molecule has 0 atom stereocenters. The topological polar surface area (TPSA) is 34.1 Å².